The molecule has 11 heteroatoms. The Hall–Kier alpha value is -5.84. The molecule has 0 aliphatic carbocycles. The van der Waals surface area contributed by atoms with Gasteiger partial charge in [-0.15, -0.1) is 0 Å². The smallest absolute Gasteiger partial charge is 0.315 e. The van der Waals surface area contributed by atoms with Crippen molar-refractivity contribution < 1.29 is 28.8 Å². The van der Waals surface area contributed by atoms with Crippen LogP contribution in [0.25, 0.3) is 0 Å². The molecule has 4 rings (SSSR count). The topological polar surface area (TPSA) is 149 Å². The zero-order chi connectivity index (χ0) is 29.9. The number of hydrogen-bond donors (Lipinski definition) is 2. The molecule has 2 N–H and O–H groups in total. The van der Waals surface area contributed by atoms with E-state index in [1.807, 2.05) is 37.3 Å². The molecule has 4 aromatic rings. The van der Waals surface area contributed by atoms with Crippen LogP contribution in [0.1, 0.15) is 38.8 Å². The molecule has 0 fully saturated rings. The van der Waals surface area contributed by atoms with Crippen molar-refractivity contribution in [2.24, 2.45) is 5.10 Å². The molecule has 0 heterocycles. The molecule has 0 saturated heterocycles. The lowest BCUT2D eigenvalue weighted by molar-refractivity contribution is -0.384. The molecule has 4 aromatic carbocycles. The van der Waals surface area contributed by atoms with Crippen molar-refractivity contribution >= 4 is 35.4 Å². The number of carbonyl (C=O) groups excluding carboxylic acids is 3. The summed E-state index contributed by atoms with van der Waals surface area (Å²) in [4.78, 5) is 47.5. The van der Waals surface area contributed by atoms with Crippen LogP contribution in [-0.2, 0) is 11.2 Å². The maximum absolute atomic E-state index is 12.5. The number of nitro groups is 1. The Morgan fingerprint density at radius 2 is 1.52 bits per heavy atom. The first-order chi connectivity index (χ1) is 20.3. The summed E-state index contributed by atoms with van der Waals surface area (Å²) in [6.07, 6.45) is 1.55. The van der Waals surface area contributed by atoms with Gasteiger partial charge in [-0.05, 0) is 72.6 Å². The van der Waals surface area contributed by atoms with Gasteiger partial charge in [0.05, 0.1) is 24.2 Å². The highest BCUT2D eigenvalue weighted by atomic mass is 16.6. The van der Waals surface area contributed by atoms with Crippen molar-refractivity contribution in [2.45, 2.75) is 13.3 Å². The van der Waals surface area contributed by atoms with Crippen LogP contribution in [0.4, 0.5) is 11.4 Å². The van der Waals surface area contributed by atoms with Crippen molar-refractivity contribution in [3.8, 4) is 11.5 Å². The second-order valence-electron chi connectivity index (χ2n) is 8.81. The van der Waals surface area contributed by atoms with Crippen LogP contribution in [0.15, 0.2) is 102 Å². The number of nitro benzene ring substituents is 1. The van der Waals surface area contributed by atoms with Gasteiger partial charge in [-0.25, -0.2) is 5.43 Å². The molecule has 212 valence electrons. The molecule has 0 aromatic heterocycles. The molecule has 0 aliphatic rings. The van der Waals surface area contributed by atoms with E-state index in [1.165, 1.54) is 42.6 Å². The number of esters is 1. The van der Waals surface area contributed by atoms with E-state index in [4.69, 9.17) is 9.47 Å². The maximum Gasteiger partial charge on any atom is 0.315 e. The summed E-state index contributed by atoms with van der Waals surface area (Å²) in [6, 6.07) is 25.5. The molecule has 2 amide bonds. The quantitative estimate of drug-likeness (QED) is 0.0837. The third-order valence-electron chi connectivity index (χ3n) is 5.81. The summed E-state index contributed by atoms with van der Waals surface area (Å²) in [6.45, 7) is 2.16. The third-order valence-corrected chi connectivity index (χ3v) is 5.81. The van der Waals surface area contributed by atoms with E-state index in [9.17, 15) is 24.5 Å². The van der Waals surface area contributed by atoms with Crippen molar-refractivity contribution in [1.82, 2.24) is 5.43 Å². The number of ether oxygens (including phenoxy) is 2. The molecular weight excluding hydrogens is 540 g/mol. The number of nitrogens with one attached hydrogen (secondary N) is 2. The predicted octanol–water partition coefficient (Wildman–Crippen LogP) is 5.16. The van der Waals surface area contributed by atoms with Gasteiger partial charge in [0.25, 0.3) is 17.5 Å². The van der Waals surface area contributed by atoms with E-state index in [0.717, 1.165) is 5.56 Å². The molecule has 0 spiro atoms. The van der Waals surface area contributed by atoms with Gasteiger partial charge in [0.15, 0.2) is 11.5 Å². The highest BCUT2D eigenvalue weighted by Gasteiger charge is 2.13. The van der Waals surface area contributed by atoms with Gasteiger partial charge >= 0.3 is 5.97 Å². The van der Waals surface area contributed by atoms with Gasteiger partial charge in [0.1, 0.15) is 0 Å². The molecule has 0 atom stereocenters. The third kappa shape index (κ3) is 8.09. The fourth-order valence-corrected chi connectivity index (χ4v) is 3.75. The summed E-state index contributed by atoms with van der Waals surface area (Å²) in [5, 5.41) is 17.4. The SMILES string of the molecule is CCOc1cc(/C=N\NC(=O)c2ccc(NC(=O)c3ccc([N+](=O)[O-])cc3)cc2)ccc1OC(=O)Cc1ccccc1. The molecular formula is C31H26N4O7. The first kappa shape index (κ1) is 29.2. The van der Waals surface area contributed by atoms with Crippen molar-refractivity contribution in [1.29, 1.82) is 0 Å². The highest BCUT2D eigenvalue weighted by Crippen LogP contribution is 2.28. The minimum atomic E-state index is -0.545. The fourth-order valence-electron chi connectivity index (χ4n) is 3.75. The van der Waals surface area contributed by atoms with E-state index >= 15 is 0 Å². The lowest BCUT2D eigenvalue weighted by Crippen LogP contribution is -2.18. The van der Waals surface area contributed by atoms with E-state index < -0.39 is 22.7 Å². The average Bonchev–Trinajstić information content (AvgIpc) is 2.99. The Labute approximate surface area is 240 Å². The van der Waals surface area contributed by atoms with Crippen LogP contribution in [0.3, 0.4) is 0 Å². The number of nitrogens with zero attached hydrogens (tertiary/aromatic N) is 2. The van der Waals surface area contributed by atoms with Crippen LogP contribution in [0.5, 0.6) is 11.5 Å². The number of amides is 2. The van der Waals surface area contributed by atoms with Gasteiger partial charge in [0, 0.05) is 28.9 Å². The van der Waals surface area contributed by atoms with Crippen LogP contribution >= 0.6 is 0 Å². The minimum Gasteiger partial charge on any atom is -0.490 e. The number of anilines is 1. The zero-order valence-electron chi connectivity index (χ0n) is 22.5. The van der Waals surface area contributed by atoms with Gasteiger partial charge in [-0.1, -0.05) is 30.3 Å². The number of carbonyl (C=O) groups is 3. The molecule has 42 heavy (non-hydrogen) atoms. The number of hydrazone groups is 1. The first-order valence-corrected chi connectivity index (χ1v) is 12.8. The summed E-state index contributed by atoms with van der Waals surface area (Å²) in [5.74, 6) is -0.709. The number of benzene rings is 4. The summed E-state index contributed by atoms with van der Waals surface area (Å²) < 4.78 is 11.1. The summed E-state index contributed by atoms with van der Waals surface area (Å²) in [7, 11) is 0. The number of hydrogen-bond acceptors (Lipinski definition) is 8. The van der Waals surface area contributed by atoms with Crippen molar-refractivity contribution in [2.75, 3.05) is 11.9 Å². The Kier molecular flexibility index (Phi) is 9.71. The first-order valence-electron chi connectivity index (χ1n) is 12.8. The lowest BCUT2D eigenvalue weighted by Gasteiger charge is -2.11. The van der Waals surface area contributed by atoms with E-state index in [-0.39, 0.29) is 23.4 Å². The van der Waals surface area contributed by atoms with Crippen LogP contribution in [-0.4, -0.2) is 35.5 Å². The number of non-ortho nitro benzene ring substituents is 1. The standard InChI is InChI=1S/C31H26N4O7/c1-2-41-28-18-22(8-17-27(28)42-29(36)19-21-6-4-3-5-7-21)20-32-34-31(38)24-9-13-25(14-10-24)33-30(37)23-11-15-26(16-12-23)35(39)40/h3-18,20H,2,19H2,1H3,(H,33,37)(H,34,38)/b32-20-. The Morgan fingerprint density at radius 3 is 2.19 bits per heavy atom. The molecule has 0 saturated carbocycles. The minimum absolute atomic E-state index is 0.114. The van der Waals surface area contributed by atoms with Crippen molar-refractivity contribution in [3.63, 3.8) is 0 Å². The van der Waals surface area contributed by atoms with Crippen LogP contribution < -0.4 is 20.2 Å². The van der Waals surface area contributed by atoms with Gasteiger partial charge < -0.3 is 14.8 Å². The Bertz CT molecular complexity index is 1600. The second kappa shape index (κ2) is 14.0. The molecule has 11 nitrogen and oxygen atoms in total. The van der Waals surface area contributed by atoms with E-state index in [1.54, 1.807) is 30.3 Å². The highest BCUT2D eigenvalue weighted by molar-refractivity contribution is 6.04. The van der Waals surface area contributed by atoms with Crippen molar-refractivity contribution in [3.05, 3.63) is 129 Å². The largest absolute Gasteiger partial charge is 0.490 e. The Morgan fingerprint density at radius 1 is 0.857 bits per heavy atom. The molecule has 0 bridgehead atoms. The van der Waals surface area contributed by atoms with E-state index in [0.29, 0.717) is 29.2 Å². The molecule has 0 radical (unpaired) electrons. The zero-order valence-corrected chi connectivity index (χ0v) is 22.5. The van der Waals surface area contributed by atoms with Crippen LogP contribution in [0.2, 0.25) is 0 Å². The lowest BCUT2D eigenvalue weighted by atomic mass is 10.1. The maximum atomic E-state index is 12.5. The second-order valence-corrected chi connectivity index (χ2v) is 8.81. The molecule has 0 aliphatic heterocycles. The molecule has 0 unspecified atom stereocenters. The summed E-state index contributed by atoms with van der Waals surface area (Å²) >= 11 is 0. The number of rotatable bonds is 11. The van der Waals surface area contributed by atoms with Crippen LogP contribution in [0, 0.1) is 10.1 Å². The predicted molar refractivity (Wildman–Crippen MR) is 156 cm³/mol. The van der Waals surface area contributed by atoms with Gasteiger partial charge in [-0.3, -0.25) is 24.5 Å². The van der Waals surface area contributed by atoms with E-state index in [2.05, 4.69) is 15.8 Å². The van der Waals surface area contributed by atoms with Gasteiger partial charge in [-0.2, -0.15) is 5.10 Å². The average molecular weight is 567 g/mol. The fraction of sp³-hybridized carbons (Fsp3) is 0.0968. The normalized spacial score (nSPS) is 10.6. The van der Waals surface area contributed by atoms with Gasteiger partial charge in [0.2, 0.25) is 0 Å². The monoisotopic (exact) mass is 566 g/mol. The summed E-state index contributed by atoms with van der Waals surface area (Å²) in [5.41, 5.74) is 4.75. The Balaban J connectivity index is 1.32.